The fourth-order valence-corrected chi connectivity index (χ4v) is 3.44. The number of ether oxygens (including phenoxy) is 2. The third kappa shape index (κ3) is 17.3. The predicted molar refractivity (Wildman–Crippen MR) is 127 cm³/mol. The minimum atomic E-state index is -0.520. The molecule has 0 aliphatic carbocycles. The number of esters is 2. The molecule has 0 aromatic heterocycles. The molecule has 0 fully saturated rings. The first kappa shape index (κ1) is 26.9. The molecule has 174 valence electrons. The zero-order valence-corrected chi connectivity index (χ0v) is 19.5. The lowest BCUT2D eigenvalue weighted by Gasteiger charge is -2.04. The van der Waals surface area contributed by atoms with Gasteiger partial charge < -0.3 is 9.47 Å². The second-order valence-electron chi connectivity index (χ2n) is 8.15. The molecule has 1 aromatic carbocycles. The summed E-state index contributed by atoms with van der Waals surface area (Å²) in [5.41, 5.74) is 1.11. The van der Waals surface area contributed by atoms with Crippen LogP contribution in [0.1, 0.15) is 96.0 Å². The van der Waals surface area contributed by atoms with Gasteiger partial charge in [-0.1, -0.05) is 114 Å². The minimum Gasteiger partial charge on any atom is -0.463 e. The van der Waals surface area contributed by atoms with Crippen LogP contribution in [0.15, 0.2) is 42.5 Å². The van der Waals surface area contributed by atoms with Gasteiger partial charge in [-0.15, -0.1) is 0 Å². The van der Waals surface area contributed by atoms with E-state index in [0.29, 0.717) is 19.6 Å². The summed E-state index contributed by atoms with van der Waals surface area (Å²) < 4.78 is 10.2. The van der Waals surface area contributed by atoms with Gasteiger partial charge in [0.2, 0.25) is 0 Å². The maximum Gasteiger partial charge on any atom is 0.331 e. The maximum atomic E-state index is 11.6. The third-order valence-corrected chi connectivity index (χ3v) is 5.33. The number of benzene rings is 1. The van der Waals surface area contributed by atoms with Crippen LogP contribution in [0.4, 0.5) is 0 Å². The van der Waals surface area contributed by atoms with E-state index in [1.807, 2.05) is 30.3 Å². The van der Waals surface area contributed by atoms with Gasteiger partial charge in [-0.25, -0.2) is 9.59 Å². The Morgan fingerprint density at radius 3 is 1.61 bits per heavy atom. The number of rotatable bonds is 19. The second kappa shape index (κ2) is 19.8. The van der Waals surface area contributed by atoms with Crippen LogP contribution in [-0.4, -0.2) is 25.2 Å². The number of carbonyl (C=O) groups excluding carboxylic acids is 2. The molecule has 4 heteroatoms. The van der Waals surface area contributed by atoms with Gasteiger partial charge in [0.15, 0.2) is 0 Å². The lowest BCUT2D eigenvalue weighted by molar-refractivity contribution is -0.140. The van der Waals surface area contributed by atoms with Crippen LogP contribution in [0.2, 0.25) is 0 Å². The van der Waals surface area contributed by atoms with Crippen LogP contribution in [0, 0.1) is 0 Å². The first-order valence-electron chi connectivity index (χ1n) is 12.3. The van der Waals surface area contributed by atoms with Crippen LogP contribution in [0.3, 0.4) is 0 Å². The molecule has 1 aromatic rings. The summed E-state index contributed by atoms with van der Waals surface area (Å²) in [7, 11) is 0. The van der Waals surface area contributed by atoms with E-state index < -0.39 is 11.9 Å². The second-order valence-corrected chi connectivity index (χ2v) is 8.15. The van der Waals surface area contributed by atoms with E-state index in [9.17, 15) is 9.59 Å². The average Bonchev–Trinajstić information content (AvgIpc) is 2.78. The van der Waals surface area contributed by atoms with Crippen LogP contribution >= 0.6 is 0 Å². The molecule has 31 heavy (non-hydrogen) atoms. The molecular weight excluding hydrogens is 388 g/mol. The molecule has 1 rings (SSSR count). The molecule has 0 amide bonds. The van der Waals surface area contributed by atoms with Crippen molar-refractivity contribution >= 4 is 11.9 Å². The Morgan fingerprint density at radius 1 is 0.645 bits per heavy atom. The van der Waals surface area contributed by atoms with Crippen molar-refractivity contribution in [3.63, 3.8) is 0 Å². The SMILES string of the molecule is CCCCCCCCCCCCCCCOC(=O)/C=C/C(=O)OCCc1ccccc1. The Labute approximate surface area is 189 Å². The van der Waals surface area contributed by atoms with E-state index in [0.717, 1.165) is 30.6 Å². The van der Waals surface area contributed by atoms with Gasteiger partial charge in [-0.2, -0.15) is 0 Å². The first-order chi connectivity index (χ1) is 15.2. The Bertz CT molecular complexity index is 595. The van der Waals surface area contributed by atoms with E-state index in [-0.39, 0.29) is 0 Å². The molecule has 0 spiro atoms. The number of unbranched alkanes of at least 4 members (excludes halogenated alkanes) is 12. The summed E-state index contributed by atoms with van der Waals surface area (Å²) in [6, 6.07) is 9.81. The van der Waals surface area contributed by atoms with E-state index >= 15 is 0 Å². The maximum absolute atomic E-state index is 11.6. The van der Waals surface area contributed by atoms with Gasteiger partial charge in [0, 0.05) is 18.6 Å². The van der Waals surface area contributed by atoms with Crippen LogP contribution in [0.25, 0.3) is 0 Å². The lowest BCUT2D eigenvalue weighted by atomic mass is 10.0. The highest BCUT2D eigenvalue weighted by molar-refractivity contribution is 5.91. The average molecular weight is 431 g/mol. The zero-order chi connectivity index (χ0) is 22.4. The fourth-order valence-electron chi connectivity index (χ4n) is 3.44. The summed E-state index contributed by atoms with van der Waals surface area (Å²) in [6.07, 6.45) is 19.6. The molecule has 0 saturated carbocycles. The van der Waals surface area contributed by atoms with Crippen molar-refractivity contribution < 1.29 is 19.1 Å². The highest BCUT2D eigenvalue weighted by atomic mass is 16.5. The normalized spacial score (nSPS) is 11.0. The van der Waals surface area contributed by atoms with E-state index in [4.69, 9.17) is 9.47 Å². The summed E-state index contributed by atoms with van der Waals surface area (Å²) in [6.45, 7) is 2.96. The van der Waals surface area contributed by atoms with Crippen LogP contribution < -0.4 is 0 Å². The minimum absolute atomic E-state index is 0.293. The van der Waals surface area contributed by atoms with Crippen molar-refractivity contribution in [2.24, 2.45) is 0 Å². The number of carbonyl (C=O) groups is 2. The molecule has 0 saturated heterocycles. The van der Waals surface area contributed by atoms with Crippen molar-refractivity contribution in [2.45, 2.75) is 96.8 Å². The summed E-state index contributed by atoms with van der Waals surface area (Å²) in [4.78, 5) is 23.3. The van der Waals surface area contributed by atoms with Gasteiger partial charge in [0.25, 0.3) is 0 Å². The molecule has 0 bridgehead atoms. The molecule has 0 radical (unpaired) electrons. The van der Waals surface area contributed by atoms with Crippen molar-refractivity contribution in [1.82, 2.24) is 0 Å². The monoisotopic (exact) mass is 430 g/mol. The van der Waals surface area contributed by atoms with Crippen molar-refractivity contribution in [1.29, 1.82) is 0 Å². The Hall–Kier alpha value is -2.10. The largest absolute Gasteiger partial charge is 0.463 e. The fraction of sp³-hybridized carbons (Fsp3) is 0.630. The molecular formula is C27H42O4. The van der Waals surface area contributed by atoms with Crippen molar-refractivity contribution in [2.75, 3.05) is 13.2 Å². The summed E-state index contributed by atoms with van der Waals surface area (Å²) in [5, 5.41) is 0. The Kier molecular flexibility index (Phi) is 17.2. The predicted octanol–water partition coefficient (Wildman–Crippen LogP) is 6.96. The van der Waals surface area contributed by atoms with Gasteiger partial charge in [-0.05, 0) is 12.0 Å². The summed E-state index contributed by atoms with van der Waals surface area (Å²) >= 11 is 0. The van der Waals surface area contributed by atoms with Crippen LogP contribution in [0.5, 0.6) is 0 Å². The quantitative estimate of drug-likeness (QED) is 0.135. The lowest BCUT2D eigenvalue weighted by Crippen LogP contribution is -2.07. The van der Waals surface area contributed by atoms with Gasteiger partial charge in [-0.3, -0.25) is 0 Å². The number of hydrogen-bond acceptors (Lipinski definition) is 4. The molecule has 0 aliphatic heterocycles. The smallest absolute Gasteiger partial charge is 0.331 e. The zero-order valence-electron chi connectivity index (χ0n) is 19.5. The highest BCUT2D eigenvalue weighted by Crippen LogP contribution is 2.12. The first-order valence-corrected chi connectivity index (χ1v) is 12.3. The molecule has 0 unspecified atom stereocenters. The van der Waals surface area contributed by atoms with Crippen molar-refractivity contribution in [3.05, 3.63) is 48.0 Å². The molecule has 0 N–H and O–H groups in total. The van der Waals surface area contributed by atoms with E-state index in [1.165, 1.54) is 70.6 Å². The standard InChI is InChI=1S/C27H42O4/c1-2-3-4-5-6-7-8-9-10-11-12-13-17-23-30-26(28)20-21-27(29)31-24-22-25-18-15-14-16-19-25/h14-16,18-21H,2-13,17,22-24H2,1H3/b21-20+. The topological polar surface area (TPSA) is 52.6 Å². The Morgan fingerprint density at radius 2 is 1.10 bits per heavy atom. The molecule has 0 heterocycles. The Balaban J connectivity index is 1.88. The van der Waals surface area contributed by atoms with Gasteiger partial charge in [0.05, 0.1) is 13.2 Å². The third-order valence-electron chi connectivity index (χ3n) is 5.33. The molecule has 0 aliphatic rings. The van der Waals surface area contributed by atoms with E-state index in [1.54, 1.807) is 0 Å². The van der Waals surface area contributed by atoms with E-state index in [2.05, 4.69) is 6.92 Å². The molecule has 4 nitrogen and oxygen atoms in total. The van der Waals surface area contributed by atoms with Crippen molar-refractivity contribution in [3.8, 4) is 0 Å². The number of hydrogen-bond donors (Lipinski definition) is 0. The molecule has 0 atom stereocenters. The van der Waals surface area contributed by atoms with Gasteiger partial charge >= 0.3 is 11.9 Å². The van der Waals surface area contributed by atoms with Crippen LogP contribution in [-0.2, 0) is 25.5 Å². The van der Waals surface area contributed by atoms with Gasteiger partial charge in [0.1, 0.15) is 0 Å². The highest BCUT2D eigenvalue weighted by Gasteiger charge is 2.02. The summed E-state index contributed by atoms with van der Waals surface area (Å²) in [5.74, 6) is -1.01.